The Labute approximate surface area is 204 Å². The summed E-state index contributed by atoms with van der Waals surface area (Å²) in [6.45, 7) is 7.91. The monoisotopic (exact) mass is 495 g/mol. The number of halogens is 3. The highest BCUT2D eigenvalue weighted by Crippen LogP contribution is 2.36. The predicted octanol–water partition coefficient (Wildman–Crippen LogP) is 4.15. The number of anilines is 1. The molecule has 5 rings (SSSR count). The van der Waals surface area contributed by atoms with E-state index in [2.05, 4.69) is 43.8 Å². The normalized spacial score (nSPS) is 12.3. The topological polar surface area (TPSA) is 103 Å². The molecule has 0 radical (unpaired) electrons. The maximum Gasteiger partial charge on any atom is 0.419 e. The molecule has 5 aromatic heterocycles. The van der Waals surface area contributed by atoms with Crippen LogP contribution in [-0.2, 0) is 12.7 Å². The summed E-state index contributed by atoms with van der Waals surface area (Å²) in [7, 11) is 0. The van der Waals surface area contributed by atoms with E-state index in [1.807, 2.05) is 10.6 Å². The van der Waals surface area contributed by atoms with Crippen LogP contribution in [0.5, 0.6) is 0 Å². The van der Waals surface area contributed by atoms with Crippen LogP contribution in [0.3, 0.4) is 0 Å². The first-order chi connectivity index (χ1) is 17.3. The van der Waals surface area contributed by atoms with E-state index in [-0.39, 0.29) is 5.56 Å². The van der Waals surface area contributed by atoms with Gasteiger partial charge in [0.25, 0.3) is 0 Å². The first-order valence-electron chi connectivity index (χ1n) is 11.5. The van der Waals surface area contributed by atoms with Crippen LogP contribution >= 0.6 is 0 Å². The molecule has 2 N–H and O–H groups in total. The average Bonchev–Trinajstić information content (AvgIpc) is 3.48. The number of nitrogens with two attached hydrogens (primary N) is 1. The molecule has 0 aliphatic heterocycles. The Morgan fingerprint density at radius 1 is 0.944 bits per heavy atom. The van der Waals surface area contributed by atoms with Gasteiger partial charge in [-0.05, 0) is 31.3 Å². The van der Waals surface area contributed by atoms with Crippen LogP contribution in [0.2, 0.25) is 0 Å². The van der Waals surface area contributed by atoms with Gasteiger partial charge in [-0.2, -0.15) is 18.3 Å². The molecule has 0 saturated heterocycles. The molecular weight excluding hydrogens is 471 g/mol. The fourth-order valence-corrected chi connectivity index (χ4v) is 4.21. The summed E-state index contributed by atoms with van der Waals surface area (Å²) in [6, 6.07) is 4.48. The molecular formula is C24H24F3N9. The van der Waals surface area contributed by atoms with Crippen molar-refractivity contribution >= 4 is 22.6 Å². The van der Waals surface area contributed by atoms with Crippen molar-refractivity contribution < 1.29 is 13.2 Å². The average molecular weight is 496 g/mol. The van der Waals surface area contributed by atoms with Gasteiger partial charge in [-0.3, -0.25) is 0 Å². The molecule has 0 aliphatic carbocycles. The lowest BCUT2D eigenvalue weighted by molar-refractivity contribution is -0.137. The number of nitrogens with zero attached hydrogens (tertiary/aromatic N) is 8. The molecule has 5 heterocycles. The quantitative estimate of drug-likeness (QED) is 0.362. The molecule has 36 heavy (non-hydrogen) atoms. The lowest BCUT2D eigenvalue weighted by atomic mass is 10.1. The van der Waals surface area contributed by atoms with E-state index in [0.29, 0.717) is 16.9 Å². The third-order valence-electron chi connectivity index (χ3n) is 6.24. The number of pyridine rings is 2. The SMILES string of the molecule is CCN(CC)CCn1cnc2cc(-c3cnc4c(-c5cnc(N)c(C(F)(F)F)c5)ccnn34)cnc21. The molecule has 0 aliphatic rings. The maximum atomic E-state index is 13.4. The minimum Gasteiger partial charge on any atom is -0.383 e. The fraction of sp³-hybridized carbons (Fsp3) is 0.292. The van der Waals surface area contributed by atoms with Gasteiger partial charge < -0.3 is 15.2 Å². The van der Waals surface area contributed by atoms with Crippen molar-refractivity contribution in [3.8, 4) is 22.4 Å². The minimum atomic E-state index is -4.62. The molecule has 0 aromatic carbocycles. The van der Waals surface area contributed by atoms with Gasteiger partial charge in [-0.15, -0.1) is 0 Å². The number of fused-ring (bicyclic) bond motifs is 2. The Kier molecular flexibility index (Phi) is 6.04. The smallest absolute Gasteiger partial charge is 0.383 e. The van der Waals surface area contributed by atoms with E-state index in [4.69, 9.17) is 5.73 Å². The number of hydrogen-bond donors (Lipinski definition) is 1. The van der Waals surface area contributed by atoms with Gasteiger partial charge in [-0.1, -0.05) is 13.8 Å². The van der Waals surface area contributed by atoms with E-state index in [9.17, 15) is 13.2 Å². The standard InChI is InChI=1S/C24H24F3N9/c1-3-34(4-2)7-8-35-14-32-19-10-16(12-30-23(19)35)20-13-31-22-17(5-6-33-36(20)22)15-9-18(24(25,26)27)21(28)29-11-15/h5-6,9-14H,3-4,7-8H2,1-2H3,(H2,28,29). The van der Waals surface area contributed by atoms with E-state index in [1.54, 1.807) is 29.3 Å². The van der Waals surface area contributed by atoms with Gasteiger partial charge in [0.05, 0.1) is 23.8 Å². The molecule has 0 unspecified atom stereocenters. The van der Waals surface area contributed by atoms with Crippen LogP contribution in [-0.4, -0.2) is 58.7 Å². The molecule has 0 fully saturated rings. The van der Waals surface area contributed by atoms with Crippen molar-refractivity contribution in [1.29, 1.82) is 0 Å². The zero-order valence-electron chi connectivity index (χ0n) is 19.7. The molecule has 0 spiro atoms. The third kappa shape index (κ3) is 4.24. The molecule has 0 bridgehead atoms. The summed E-state index contributed by atoms with van der Waals surface area (Å²) in [5, 5.41) is 4.37. The predicted molar refractivity (Wildman–Crippen MR) is 130 cm³/mol. The Morgan fingerprint density at radius 2 is 1.69 bits per heavy atom. The molecule has 5 aromatic rings. The van der Waals surface area contributed by atoms with Crippen molar-refractivity contribution in [2.24, 2.45) is 0 Å². The summed E-state index contributed by atoms with van der Waals surface area (Å²) in [4.78, 5) is 19.6. The van der Waals surface area contributed by atoms with Gasteiger partial charge in [0, 0.05) is 48.4 Å². The summed E-state index contributed by atoms with van der Waals surface area (Å²) in [6.07, 6.45) is 3.30. The second kappa shape index (κ2) is 9.19. The van der Waals surface area contributed by atoms with E-state index in [1.165, 1.54) is 12.4 Å². The van der Waals surface area contributed by atoms with Crippen LogP contribution in [0.15, 0.2) is 49.3 Å². The molecule has 0 amide bonds. The first-order valence-corrected chi connectivity index (χ1v) is 11.5. The number of rotatable bonds is 7. The lowest BCUT2D eigenvalue weighted by Crippen LogP contribution is -2.26. The molecule has 12 heteroatoms. The molecule has 0 saturated carbocycles. The Morgan fingerprint density at radius 3 is 2.44 bits per heavy atom. The fourth-order valence-electron chi connectivity index (χ4n) is 4.21. The Hall–Kier alpha value is -4.06. The highest BCUT2D eigenvalue weighted by Gasteiger charge is 2.34. The number of likely N-dealkylation sites (N-methyl/N-ethyl adjacent to an activating group) is 1. The van der Waals surface area contributed by atoms with Crippen molar-refractivity contribution in [3.05, 3.63) is 54.9 Å². The largest absolute Gasteiger partial charge is 0.419 e. The maximum absolute atomic E-state index is 13.4. The van der Waals surface area contributed by atoms with Crippen LogP contribution in [0.1, 0.15) is 19.4 Å². The van der Waals surface area contributed by atoms with Gasteiger partial charge in [-0.25, -0.2) is 24.5 Å². The first kappa shape index (κ1) is 23.7. The third-order valence-corrected chi connectivity index (χ3v) is 6.24. The minimum absolute atomic E-state index is 0.238. The van der Waals surface area contributed by atoms with Gasteiger partial charge in [0.1, 0.15) is 11.3 Å². The molecule has 9 nitrogen and oxygen atoms in total. The highest BCUT2D eigenvalue weighted by molar-refractivity contribution is 5.82. The summed E-state index contributed by atoms with van der Waals surface area (Å²) >= 11 is 0. The number of nitrogen functional groups attached to an aromatic ring is 1. The van der Waals surface area contributed by atoms with Crippen LogP contribution < -0.4 is 5.73 Å². The van der Waals surface area contributed by atoms with E-state index < -0.39 is 17.6 Å². The molecule has 186 valence electrons. The van der Waals surface area contributed by atoms with Crippen molar-refractivity contribution in [2.45, 2.75) is 26.6 Å². The van der Waals surface area contributed by atoms with Gasteiger partial charge >= 0.3 is 6.18 Å². The number of aromatic nitrogens is 7. The van der Waals surface area contributed by atoms with E-state index >= 15 is 0 Å². The number of hydrogen-bond acceptors (Lipinski definition) is 7. The highest BCUT2D eigenvalue weighted by atomic mass is 19.4. The van der Waals surface area contributed by atoms with Crippen molar-refractivity contribution in [1.82, 2.24) is 39.0 Å². The number of imidazole rings is 2. The van der Waals surface area contributed by atoms with Crippen LogP contribution in [0.25, 0.3) is 39.2 Å². The Bertz CT molecular complexity index is 1530. The zero-order chi connectivity index (χ0) is 25.4. The van der Waals surface area contributed by atoms with Crippen LogP contribution in [0, 0.1) is 0 Å². The second-order valence-electron chi connectivity index (χ2n) is 8.31. The summed E-state index contributed by atoms with van der Waals surface area (Å²) in [5.41, 5.74) is 8.42. The van der Waals surface area contributed by atoms with Crippen LogP contribution in [0.4, 0.5) is 19.0 Å². The van der Waals surface area contributed by atoms with Crippen molar-refractivity contribution in [3.63, 3.8) is 0 Å². The second-order valence-corrected chi connectivity index (χ2v) is 8.31. The Balaban J connectivity index is 1.51. The van der Waals surface area contributed by atoms with E-state index in [0.717, 1.165) is 49.0 Å². The number of alkyl halides is 3. The summed E-state index contributed by atoms with van der Waals surface area (Å²) < 4.78 is 43.7. The molecule has 0 atom stereocenters. The summed E-state index contributed by atoms with van der Waals surface area (Å²) in [5.74, 6) is -0.573. The lowest BCUT2D eigenvalue weighted by Gasteiger charge is -2.17. The zero-order valence-corrected chi connectivity index (χ0v) is 19.7. The van der Waals surface area contributed by atoms with Gasteiger partial charge in [0.15, 0.2) is 11.3 Å². The van der Waals surface area contributed by atoms with Gasteiger partial charge in [0.2, 0.25) is 0 Å². The van der Waals surface area contributed by atoms with Crippen molar-refractivity contribution in [2.75, 3.05) is 25.4 Å².